The van der Waals surface area contributed by atoms with Crippen LogP contribution in [0.4, 0.5) is 0 Å². The molecule has 0 radical (unpaired) electrons. The summed E-state index contributed by atoms with van der Waals surface area (Å²) in [4.78, 5) is 28.9. The van der Waals surface area contributed by atoms with Crippen LogP contribution >= 0.6 is 0 Å². The van der Waals surface area contributed by atoms with Gasteiger partial charge in [-0.25, -0.2) is 0 Å². The molecule has 0 spiro atoms. The van der Waals surface area contributed by atoms with Crippen molar-refractivity contribution in [1.82, 2.24) is 9.80 Å². The zero-order valence-electron chi connectivity index (χ0n) is 13.7. The van der Waals surface area contributed by atoms with Gasteiger partial charge in [-0.05, 0) is 31.9 Å². The summed E-state index contributed by atoms with van der Waals surface area (Å²) in [6, 6.07) is 7.69. The minimum absolute atomic E-state index is 0.00836. The van der Waals surface area contributed by atoms with Gasteiger partial charge in [0.25, 0.3) is 5.91 Å². The summed E-state index contributed by atoms with van der Waals surface area (Å²) in [5.74, 6) is 0.258. The second-order valence-electron chi connectivity index (χ2n) is 6.40. The molecule has 23 heavy (non-hydrogen) atoms. The van der Waals surface area contributed by atoms with Gasteiger partial charge in [-0.3, -0.25) is 9.59 Å². The van der Waals surface area contributed by atoms with Gasteiger partial charge in [0.05, 0.1) is 12.5 Å². The smallest absolute Gasteiger partial charge is 0.253 e. The van der Waals surface area contributed by atoms with Gasteiger partial charge in [-0.15, -0.1) is 0 Å². The molecule has 124 valence electrons. The number of benzene rings is 1. The first kappa shape index (κ1) is 16.0. The third-order valence-corrected chi connectivity index (χ3v) is 4.64. The number of carbonyl (C=O) groups excluding carboxylic acids is 2. The molecular formula is C18H24N2O3. The normalized spacial score (nSPS) is 22.0. The molecule has 0 saturated carbocycles. The maximum atomic E-state index is 12.6. The Balaban J connectivity index is 1.61. The molecule has 2 aliphatic heterocycles. The highest BCUT2D eigenvalue weighted by atomic mass is 16.5. The van der Waals surface area contributed by atoms with Crippen LogP contribution in [-0.4, -0.2) is 61.0 Å². The zero-order chi connectivity index (χ0) is 16.2. The predicted molar refractivity (Wildman–Crippen MR) is 87.2 cm³/mol. The molecule has 2 aliphatic rings. The van der Waals surface area contributed by atoms with Gasteiger partial charge in [0, 0.05) is 38.3 Å². The second-order valence-corrected chi connectivity index (χ2v) is 6.40. The van der Waals surface area contributed by atoms with E-state index in [1.54, 1.807) is 0 Å². The van der Waals surface area contributed by atoms with E-state index < -0.39 is 0 Å². The van der Waals surface area contributed by atoms with Crippen LogP contribution in [0.15, 0.2) is 24.3 Å². The lowest BCUT2D eigenvalue weighted by atomic mass is 10.1. The highest BCUT2D eigenvalue weighted by molar-refractivity contribution is 5.94. The quantitative estimate of drug-likeness (QED) is 0.834. The minimum Gasteiger partial charge on any atom is -0.381 e. The third kappa shape index (κ3) is 3.72. The van der Waals surface area contributed by atoms with Crippen LogP contribution in [0.3, 0.4) is 0 Å². The summed E-state index contributed by atoms with van der Waals surface area (Å²) in [6.07, 6.45) is 1.65. The van der Waals surface area contributed by atoms with Gasteiger partial charge in [0.1, 0.15) is 0 Å². The molecule has 1 aromatic rings. The van der Waals surface area contributed by atoms with E-state index in [0.717, 1.165) is 30.5 Å². The molecule has 1 atom stereocenters. The first-order valence-electron chi connectivity index (χ1n) is 8.37. The second kappa shape index (κ2) is 7.13. The van der Waals surface area contributed by atoms with Crippen molar-refractivity contribution in [3.05, 3.63) is 35.4 Å². The van der Waals surface area contributed by atoms with Gasteiger partial charge < -0.3 is 14.5 Å². The molecule has 2 saturated heterocycles. The van der Waals surface area contributed by atoms with Crippen molar-refractivity contribution >= 4 is 11.8 Å². The fourth-order valence-corrected chi connectivity index (χ4v) is 3.29. The Hall–Kier alpha value is -1.88. The van der Waals surface area contributed by atoms with Gasteiger partial charge >= 0.3 is 0 Å². The van der Waals surface area contributed by atoms with E-state index in [1.165, 1.54) is 0 Å². The highest BCUT2D eigenvalue weighted by Gasteiger charge is 2.30. The fourth-order valence-electron chi connectivity index (χ4n) is 3.29. The van der Waals surface area contributed by atoms with Crippen LogP contribution < -0.4 is 0 Å². The Labute approximate surface area is 137 Å². The lowest BCUT2D eigenvalue weighted by molar-refractivity contribution is -0.135. The topological polar surface area (TPSA) is 49.9 Å². The average Bonchev–Trinajstić information content (AvgIpc) is 2.98. The molecule has 1 unspecified atom stereocenters. The van der Waals surface area contributed by atoms with Crippen LogP contribution in [0.2, 0.25) is 0 Å². The monoisotopic (exact) mass is 316 g/mol. The van der Waals surface area contributed by atoms with Gasteiger partial charge in [-0.1, -0.05) is 17.7 Å². The number of aryl methyl sites for hydroxylation is 1. The van der Waals surface area contributed by atoms with E-state index in [0.29, 0.717) is 32.8 Å². The molecule has 0 aliphatic carbocycles. The molecule has 2 heterocycles. The lowest BCUT2D eigenvalue weighted by Gasteiger charge is -2.24. The summed E-state index contributed by atoms with van der Waals surface area (Å²) >= 11 is 0. The standard InChI is InChI=1S/C18H24N2O3/c1-14-4-2-5-15(12-14)17(21)19-7-3-8-20(10-9-19)18(22)16-6-11-23-13-16/h2,4-5,12,16H,3,6-11,13H2,1H3. The number of nitrogens with zero attached hydrogens (tertiary/aromatic N) is 2. The molecule has 5 nitrogen and oxygen atoms in total. The van der Waals surface area contributed by atoms with Crippen molar-refractivity contribution in [2.75, 3.05) is 39.4 Å². The van der Waals surface area contributed by atoms with Crippen LogP contribution in [0, 0.1) is 12.8 Å². The number of hydrogen-bond acceptors (Lipinski definition) is 3. The largest absolute Gasteiger partial charge is 0.381 e. The Morgan fingerprint density at radius 3 is 2.65 bits per heavy atom. The number of ether oxygens (including phenoxy) is 1. The van der Waals surface area contributed by atoms with Crippen LogP contribution in [0.5, 0.6) is 0 Å². The van der Waals surface area contributed by atoms with Crippen LogP contribution in [0.1, 0.15) is 28.8 Å². The highest BCUT2D eigenvalue weighted by Crippen LogP contribution is 2.17. The minimum atomic E-state index is 0.00836. The molecule has 3 rings (SSSR count). The van der Waals surface area contributed by atoms with E-state index in [-0.39, 0.29) is 17.7 Å². The Kier molecular flexibility index (Phi) is 4.96. The van der Waals surface area contributed by atoms with Crippen molar-refractivity contribution in [3.8, 4) is 0 Å². The fraction of sp³-hybridized carbons (Fsp3) is 0.556. The molecule has 0 N–H and O–H groups in total. The molecule has 5 heteroatoms. The van der Waals surface area contributed by atoms with Gasteiger partial charge in [0.2, 0.25) is 5.91 Å². The van der Waals surface area contributed by atoms with Crippen molar-refractivity contribution in [3.63, 3.8) is 0 Å². The summed E-state index contributed by atoms with van der Waals surface area (Å²) < 4.78 is 5.32. The third-order valence-electron chi connectivity index (χ3n) is 4.64. The molecule has 2 fully saturated rings. The van der Waals surface area contributed by atoms with Crippen molar-refractivity contribution in [2.45, 2.75) is 19.8 Å². The van der Waals surface area contributed by atoms with E-state index >= 15 is 0 Å². The Bertz CT molecular complexity index is 581. The molecule has 0 aromatic heterocycles. The number of hydrogen-bond donors (Lipinski definition) is 0. The average molecular weight is 316 g/mol. The first-order chi connectivity index (χ1) is 11.1. The van der Waals surface area contributed by atoms with Crippen LogP contribution in [-0.2, 0) is 9.53 Å². The maximum Gasteiger partial charge on any atom is 0.253 e. The summed E-state index contributed by atoms with van der Waals surface area (Å²) in [7, 11) is 0. The summed E-state index contributed by atoms with van der Waals surface area (Å²) in [5, 5.41) is 0. The number of carbonyl (C=O) groups is 2. The maximum absolute atomic E-state index is 12.6. The molecular weight excluding hydrogens is 292 g/mol. The molecule has 1 aromatic carbocycles. The molecule has 2 amide bonds. The summed E-state index contributed by atoms with van der Waals surface area (Å²) in [5.41, 5.74) is 1.82. The Morgan fingerprint density at radius 1 is 1.13 bits per heavy atom. The van der Waals surface area contributed by atoms with Crippen molar-refractivity contribution in [2.24, 2.45) is 5.92 Å². The SMILES string of the molecule is Cc1cccc(C(=O)N2CCCN(C(=O)C3CCOC3)CC2)c1. The van der Waals surface area contributed by atoms with E-state index in [9.17, 15) is 9.59 Å². The lowest BCUT2D eigenvalue weighted by Crippen LogP contribution is -2.40. The first-order valence-corrected chi connectivity index (χ1v) is 8.37. The number of amides is 2. The van der Waals surface area contributed by atoms with E-state index in [4.69, 9.17) is 4.74 Å². The Morgan fingerprint density at radius 2 is 1.91 bits per heavy atom. The number of rotatable bonds is 2. The van der Waals surface area contributed by atoms with E-state index in [2.05, 4.69) is 0 Å². The van der Waals surface area contributed by atoms with Gasteiger partial charge in [0.15, 0.2) is 0 Å². The van der Waals surface area contributed by atoms with Crippen molar-refractivity contribution in [1.29, 1.82) is 0 Å². The van der Waals surface area contributed by atoms with Crippen LogP contribution in [0.25, 0.3) is 0 Å². The molecule has 0 bridgehead atoms. The van der Waals surface area contributed by atoms with E-state index in [1.807, 2.05) is 41.0 Å². The van der Waals surface area contributed by atoms with Crippen molar-refractivity contribution < 1.29 is 14.3 Å². The predicted octanol–water partition coefficient (Wildman–Crippen LogP) is 1.71. The van der Waals surface area contributed by atoms with Gasteiger partial charge in [-0.2, -0.15) is 0 Å². The zero-order valence-corrected chi connectivity index (χ0v) is 13.7. The summed E-state index contributed by atoms with van der Waals surface area (Å²) in [6.45, 7) is 5.87.